The van der Waals surface area contributed by atoms with Crippen LogP contribution < -0.4 is 0 Å². The lowest BCUT2D eigenvalue weighted by Gasteiger charge is -2.29. The molecule has 54 valence electrons. The molecule has 2 nitrogen and oxygen atoms in total. The molecule has 0 spiro atoms. The highest BCUT2D eigenvalue weighted by Gasteiger charge is 2.12. The summed E-state index contributed by atoms with van der Waals surface area (Å²) in [6, 6.07) is 0. The standard InChI is InChI=1S/C6H13NOS/c1-6(9)7-2-4-8-5-3-7/h6,9H,2-5H2,1H3. The van der Waals surface area contributed by atoms with Gasteiger partial charge in [-0.05, 0) is 6.92 Å². The monoisotopic (exact) mass is 147 g/mol. The van der Waals surface area contributed by atoms with Crippen LogP contribution in [0.4, 0.5) is 0 Å². The summed E-state index contributed by atoms with van der Waals surface area (Å²) in [6.07, 6.45) is 0. The highest BCUT2D eigenvalue weighted by molar-refractivity contribution is 7.80. The van der Waals surface area contributed by atoms with Crippen molar-refractivity contribution in [3.8, 4) is 0 Å². The zero-order valence-electron chi connectivity index (χ0n) is 5.71. The maximum Gasteiger partial charge on any atom is 0.0594 e. The summed E-state index contributed by atoms with van der Waals surface area (Å²) < 4.78 is 5.17. The fourth-order valence-corrected chi connectivity index (χ4v) is 1.18. The molecule has 1 atom stereocenters. The molecule has 9 heavy (non-hydrogen) atoms. The van der Waals surface area contributed by atoms with Crippen LogP contribution in [0.1, 0.15) is 6.92 Å². The molecule has 0 N–H and O–H groups in total. The molecule has 0 aromatic rings. The van der Waals surface area contributed by atoms with Crippen LogP contribution in [-0.4, -0.2) is 36.6 Å². The van der Waals surface area contributed by atoms with E-state index in [0.717, 1.165) is 26.3 Å². The molecule has 1 aliphatic rings. The summed E-state index contributed by atoms with van der Waals surface area (Å²) >= 11 is 4.31. The van der Waals surface area contributed by atoms with Crippen molar-refractivity contribution in [1.29, 1.82) is 0 Å². The minimum absolute atomic E-state index is 0.383. The molecule has 0 aliphatic carbocycles. The van der Waals surface area contributed by atoms with E-state index in [1.54, 1.807) is 0 Å². The molecule has 1 unspecified atom stereocenters. The Balaban J connectivity index is 2.23. The predicted molar refractivity (Wildman–Crippen MR) is 40.8 cm³/mol. The molecular formula is C6H13NOS. The smallest absolute Gasteiger partial charge is 0.0594 e. The van der Waals surface area contributed by atoms with Gasteiger partial charge >= 0.3 is 0 Å². The largest absolute Gasteiger partial charge is 0.379 e. The molecule has 1 aliphatic heterocycles. The molecule has 1 fully saturated rings. The highest BCUT2D eigenvalue weighted by atomic mass is 32.1. The lowest BCUT2D eigenvalue weighted by Crippen LogP contribution is -2.39. The van der Waals surface area contributed by atoms with E-state index in [1.165, 1.54) is 0 Å². The fraction of sp³-hybridized carbons (Fsp3) is 1.00. The van der Waals surface area contributed by atoms with E-state index < -0.39 is 0 Å². The van der Waals surface area contributed by atoms with E-state index >= 15 is 0 Å². The molecule has 0 aromatic carbocycles. The van der Waals surface area contributed by atoms with Crippen molar-refractivity contribution in [3.05, 3.63) is 0 Å². The van der Waals surface area contributed by atoms with Crippen LogP contribution >= 0.6 is 12.6 Å². The second-order valence-electron chi connectivity index (χ2n) is 2.28. The van der Waals surface area contributed by atoms with E-state index in [-0.39, 0.29) is 0 Å². The van der Waals surface area contributed by atoms with Crippen molar-refractivity contribution in [2.24, 2.45) is 0 Å². The zero-order valence-corrected chi connectivity index (χ0v) is 6.60. The topological polar surface area (TPSA) is 12.5 Å². The lowest BCUT2D eigenvalue weighted by molar-refractivity contribution is 0.0354. The van der Waals surface area contributed by atoms with Crippen LogP contribution in [-0.2, 0) is 4.74 Å². The first-order chi connectivity index (χ1) is 4.30. The molecule has 0 aromatic heterocycles. The van der Waals surface area contributed by atoms with Crippen molar-refractivity contribution in [1.82, 2.24) is 4.90 Å². The molecule has 1 saturated heterocycles. The third kappa shape index (κ3) is 2.16. The van der Waals surface area contributed by atoms with Gasteiger partial charge in [0.05, 0.1) is 18.6 Å². The summed E-state index contributed by atoms with van der Waals surface area (Å²) in [5.74, 6) is 0. The Morgan fingerprint density at radius 2 is 2.00 bits per heavy atom. The van der Waals surface area contributed by atoms with Crippen molar-refractivity contribution in [2.45, 2.75) is 12.3 Å². The van der Waals surface area contributed by atoms with Crippen molar-refractivity contribution in [2.75, 3.05) is 26.3 Å². The number of morpholine rings is 1. The summed E-state index contributed by atoms with van der Waals surface area (Å²) in [6.45, 7) is 5.89. The second-order valence-corrected chi connectivity index (χ2v) is 3.03. The molecule has 3 heteroatoms. The maximum atomic E-state index is 5.17. The molecule has 0 bridgehead atoms. The third-order valence-electron chi connectivity index (χ3n) is 1.57. The lowest BCUT2D eigenvalue weighted by atomic mass is 10.4. The van der Waals surface area contributed by atoms with E-state index in [1.807, 2.05) is 0 Å². The average Bonchev–Trinajstić information content (AvgIpc) is 1.90. The molecule has 0 radical (unpaired) electrons. The molecule has 1 heterocycles. The number of ether oxygens (including phenoxy) is 1. The SMILES string of the molecule is CC(S)N1CCOCC1. The van der Waals surface area contributed by atoms with E-state index in [4.69, 9.17) is 4.74 Å². The Hall–Kier alpha value is 0.270. The Kier molecular flexibility index (Phi) is 2.82. The quantitative estimate of drug-likeness (QED) is 0.545. The summed E-state index contributed by atoms with van der Waals surface area (Å²) in [4.78, 5) is 2.30. The van der Waals surface area contributed by atoms with Crippen LogP contribution in [0, 0.1) is 0 Å². The highest BCUT2D eigenvalue weighted by Crippen LogP contribution is 2.05. The van der Waals surface area contributed by atoms with Gasteiger partial charge in [-0.3, -0.25) is 4.90 Å². The van der Waals surface area contributed by atoms with Crippen LogP contribution in [0.25, 0.3) is 0 Å². The molecule has 0 saturated carbocycles. The summed E-state index contributed by atoms with van der Waals surface area (Å²) in [5, 5.41) is 0.383. The van der Waals surface area contributed by atoms with Gasteiger partial charge in [-0.15, -0.1) is 0 Å². The average molecular weight is 147 g/mol. The van der Waals surface area contributed by atoms with Gasteiger partial charge in [0, 0.05) is 13.1 Å². The van der Waals surface area contributed by atoms with Crippen molar-refractivity contribution in [3.63, 3.8) is 0 Å². The number of hydrogen-bond donors (Lipinski definition) is 1. The van der Waals surface area contributed by atoms with Gasteiger partial charge in [-0.2, -0.15) is 12.6 Å². The van der Waals surface area contributed by atoms with Gasteiger partial charge in [0.2, 0.25) is 0 Å². The first kappa shape index (κ1) is 7.38. The van der Waals surface area contributed by atoms with Crippen LogP contribution in [0.15, 0.2) is 0 Å². The van der Waals surface area contributed by atoms with Gasteiger partial charge in [0.25, 0.3) is 0 Å². The van der Waals surface area contributed by atoms with Crippen LogP contribution in [0.3, 0.4) is 0 Å². The fourth-order valence-electron chi connectivity index (χ4n) is 0.951. The second kappa shape index (κ2) is 3.44. The summed E-state index contributed by atoms with van der Waals surface area (Å²) in [5.41, 5.74) is 0. The van der Waals surface area contributed by atoms with E-state index in [9.17, 15) is 0 Å². The van der Waals surface area contributed by atoms with Crippen LogP contribution in [0.5, 0.6) is 0 Å². The van der Waals surface area contributed by atoms with Gasteiger partial charge < -0.3 is 4.74 Å². The molecular weight excluding hydrogens is 134 g/mol. The van der Waals surface area contributed by atoms with Crippen LogP contribution in [0.2, 0.25) is 0 Å². The Morgan fingerprint density at radius 3 is 2.33 bits per heavy atom. The van der Waals surface area contributed by atoms with Gasteiger partial charge in [0.15, 0.2) is 0 Å². The van der Waals surface area contributed by atoms with Gasteiger partial charge in [0.1, 0.15) is 0 Å². The Bertz CT molecular complexity index is 81.1. The van der Waals surface area contributed by atoms with Crippen molar-refractivity contribution < 1.29 is 4.74 Å². The van der Waals surface area contributed by atoms with Gasteiger partial charge in [-0.25, -0.2) is 0 Å². The van der Waals surface area contributed by atoms with Crippen molar-refractivity contribution >= 4 is 12.6 Å². The Morgan fingerprint density at radius 1 is 1.44 bits per heavy atom. The molecule has 0 amide bonds. The Labute approximate surface area is 61.6 Å². The number of thiol groups is 1. The zero-order chi connectivity index (χ0) is 6.69. The van der Waals surface area contributed by atoms with E-state index in [0.29, 0.717) is 5.37 Å². The van der Waals surface area contributed by atoms with E-state index in [2.05, 4.69) is 24.5 Å². The van der Waals surface area contributed by atoms with Gasteiger partial charge in [-0.1, -0.05) is 0 Å². The minimum Gasteiger partial charge on any atom is -0.379 e. The maximum absolute atomic E-state index is 5.17. The molecule has 1 rings (SSSR count). The number of rotatable bonds is 1. The minimum atomic E-state index is 0.383. The summed E-state index contributed by atoms with van der Waals surface area (Å²) in [7, 11) is 0. The first-order valence-corrected chi connectivity index (χ1v) is 3.82. The number of nitrogens with zero attached hydrogens (tertiary/aromatic N) is 1. The number of hydrogen-bond acceptors (Lipinski definition) is 3. The third-order valence-corrected chi connectivity index (χ3v) is 1.90. The normalized spacial score (nSPS) is 26.0. The first-order valence-electron chi connectivity index (χ1n) is 3.30. The predicted octanol–water partition coefficient (Wildman–Crippen LogP) is 0.594.